The number of benzene rings is 1. The van der Waals surface area contributed by atoms with Crippen molar-refractivity contribution in [1.82, 2.24) is 14.7 Å². The molecule has 1 N–H and O–H groups in total. The van der Waals surface area contributed by atoms with Gasteiger partial charge in [-0.2, -0.15) is 0 Å². The van der Waals surface area contributed by atoms with E-state index in [4.69, 9.17) is 11.6 Å². The second kappa shape index (κ2) is 6.26. The van der Waals surface area contributed by atoms with Crippen LogP contribution in [0.3, 0.4) is 0 Å². The average molecular weight is 426 g/mol. The number of hydrogen-bond acceptors (Lipinski definition) is 2. The third-order valence-corrected chi connectivity index (χ3v) is 4.52. The molecular formula is C16H13ClIN3O. The summed E-state index contributed by atoms with van der Waals surface area (Å²) in [5.41, 5.74) is 3.38. The molecular weight excluding hydrogens is 413 g/mol. The minimum atomic E-state index is -0.152. The van der Waals surface area contributed by atoms with E-state index in [1.165, 1.54) is 0 Å². The minimum absolute atomic E-state index is 0.152. The van der Waals surface area contributed by atoms with E-state index in [0.29, 0.717) is 17.1 Å². The summed E-state index contributed by atoms with van der Waals surface area (Å²) in [6.07, 6.45) is 1.94. The molecule has 0 radical (unpaired) electrons. The molecule has 0 fully saturated rings. The van der Waals surface area contributed by atoms with Gasteiger partial charge in [0.25, 0.3) is 5.91 Å². The molecule has 0 aliphatic heterocycles. The fourth-order valence-corrected chi connectivity index (χ4v) is 2.97. The summed E-state index contributed by atoms with van der Waals surface area (Å²) < 4.78 is 2.87. The second-order valence-electron chi connectivity index (χ2n) is 4.93. The van der Waals surface area contributed by atoms with Crippen LogP contribution in [0.2, 0.25) is 5.02 Å². The first-order valence-corrected chi connectivity index (χ1v) is 8.17. The van der Waals surface area contributed by atoms with Crippen LogP contribution in [0, 0.1) is 10.5 Å². The van der Waals surface area contributed by atoms with Crippen molar-refractivity contribution in [1.29, 1.82) is 0 Å². The highest BCUT2D eigenvalue weighted by molar-refractivity contribution is 14.1. The Bertz CT molecular complexity index is 860. The Balaban J connectivity index is 1.77. The molecule has 0 saturated carbocycles. The summed E-state index contributed by atoms with van der Waals surface area (Å²) in [6, 6.07) is 11.2. The number of pyridine rings is 1. The number of aromatic nitrogens is 2. The normalized spacial score (nSPS) is 10.9. The van der Waals surface area contributed by atoms with E-state index in [0.717, 1.165) is 20.6 Å². The van der Waals surface area contributed by atoms with Crippen molar-refractivity contribution in [3.8, 4) is 0 Å². The van der Waals surface area contributed by atoms with Gasteiger partial charge in [0.2, 0.25) is 0 Å². The molecule has 0 aliphatic carbocycles. The largest absolute Gasteiger partial charge is 0.346 e. The Morgan fingerprint density at radius 2 is 2.18 bits per heavy atom. The molecule has 112 valence electrons. The summed E-state index contributed by atoms with van der Waals surface area (Å²) in [7, 11) is 0. The first kappa shape index (κ1) is 15.3. The van der Waals surface area contributed by atoms with Crippen LogP contribution in [0.15, 0.2) is 42.6 Å². The van der Waals surface area contributed by atoms with Crippen LogP contribution in [-0.2, 0) is 6.54 Å². The van der Waals surface area contributed by atoms with E-state index in [-0.39, 0.29) is 5.91 Å². The van der Waals surface area contributed by atoms with Gasteiger partial charge in [-0.25, -0.2) is 4.98 Å². The van der Waals surface area contributed by atoms with E-state index in [9.17, 15) is 4.79 Å². The number of amides is 1. The second-order valence-corrected chi connectivity index (χ2v) is 6.53. The van der Waals surface area contributed by atoms with Gasteiger partial charge < -0.3 is 9.72 Å². The molecule has 2 aromatic heterocycles. The van der Waals surface area contributed by atoms with Crippen molar-refractivity contribution < 1.29 is 4.79 Å². The zero-order chi connectivity index (χ0) is 15.7. The molecule has 3 aromatic rings. The van der Waals surface area contributed by atoms with Gasteiger partial charge in [0, 0.05) is 20.5 Å². The third kappa shape index (κ3) is 3.10. The van der Waals surface area contributed by atoms with Crippen molar-refractivity contribution in [3.63, 3.8) is 0 Å². The first-order chi connectivity index (χ1) is 10.5. The molecule has 0 aliphatic rings. The summed E-state index contributed by atoms with van der Waals surface area (Å²) in [5.74, 6) is -0.152. The zero-order valence-corrected chi connectivity index (χ0v) is 14.7. The van der Waals surface area contributed by atoms with Gasteiger partial charge >= 0.3 is 0 Å². The Kier molecular flexibility index (Phi) is 4.35. The third-order valence-electron chi connectivity index (χ3n) is 3.35. The quantitative estimate of drug-likeness (QED) is 0.648. The molecule has 4 nitrogen and oxygen atoms in total. The number of hydrogen-bond donors (Lipinski definition) is 1. The van der Waals surface area contributed by atoms with Crippen LogP contribution < -0.4 is 5.32 Å². The number of fused-ring (bicyclic) bond motifs is 1. The maximum Gasteiger partial charge on any atom is 0.252 e. The number of imidazole rings is 1. The fraction of sp³-hybridized carbons (Fsp3) is 0.125. The molecule has 0 saturated heterocycles. The summed E-state index contributed by atoms with van der Waals surface area (Å²) in [6.45, 7) is 2.40. The average Bonchev–Trinajstić information content (AvgIpc) is 2.92. The maximum absolute atomic E-state index is 12.3. The molecule has 0 unspecified atom stereocenters. The highest BCUT2D eigenvalue weighted by Gasteiger charge is 2.11. The van der Waals surface area contributed by atoms with Gasteiger partial charge in [-0.05, 0) is 59.8 Å². The number of carbonyl (C=O) groups excluding carboxylic acids is 1. The Morgan fingerprint density at radius 3 is 2.95 bits per heavy atom. The lowest BCUT2D eigenvalue weighted by Crippen LogP contribution is -2.23. The maximum atomic E-state index is 12.3. The Morgan fingerprint density at radius 1 is 1.36 bits per heavy atom. The zero-order valence-electron chi connectivity index (χ0n) is 11.8. The smallest absolute Gasteiger partial charge is 0.252 e. The lowest BCUT2D eigenvalue weighted by atomic mass is 10.2. The van der Waals surface area contributed by atoms with E-state index < -0.39 is 0 Å². The van der Waals surface area contributed by atoms with Gasteiger partial charge in [-0.15, -0.1) is 0 Å². The minimum Gasteiger partial charge on any atom is -0.346 e. The Hall–Kier alpha value is -1.60. The molecule has 0 atom stereocenters. The van der Waals surface area contributed by atoms with Gasteiger partial charge in [-0.3, -0.25) is 4.79 Å². The van der Waals surface area contributed by atoms with Gasteiger partial charge in [0.1, 0.15) is 5.65 Å². The van der Waals surface area contributed by atoms with Crippen LogP contribution in [0.25, 0.3) is 5.65 Å². The van der Waals surface area contributed by atoms with Crippen LogP contribution in [0.1, 0.15) is 21.7 Å². The molecule has 0 spiro atoms. The molecule has 1 aromatic carbocycles. The SMILES string of the molecule is Cc1cccc2nc(CNC(=O)c3cc(Cl)ccc3I)cn12. The van der Waals surface area contributed by atoms with Crippen molar-refractivity contribution >= 4 is 45.7 Å². The van der Waals surface area contributed by atoms with E-state index in [2.05, 4.69) is 32.9 Å². The lowest BCUT2D eigenvalue weighted by molar-refractivity contribution is 0.0949. The monoisotopic (exact) mass is 425 g/mol. The van der Waals surface area contributed by atoms with Crippen LogP contribution in [0.5, 0.6) is 0 Å². The van der Waals surface area contributed by atoms with Crippen LogP contribution in [0.4, 0.5) is 0 Å². The molecule has 3 rings (SSSR count). The van der Waals surface area contributed by atoms with E-state index in [1.807, 2.05) is 41.8 Å². The van der Waals surface area contributed by atoms with E-state index >= 15 is 0 Å². The number of aryl methyl sites for hydroxylation is 1. The number of nitrogens with one attached hydrogen (secondary N) is 1. The summed E-state index contributed by atoms with van der Waals surface area (Å²) in [5, 5.41) is 3.44. The predicted molar refractivity (Wildman–Crippen MR) is 95.3 cm³/mol. The first-order valence-electron chi connectivity index (χ1n) is 6.71. The van der Waals surface area contributed by atoms with Crippen molar-refractivity contribution in [3.05, 3.63) is 68.1 Å². The van der Waals surface area contributed by atoms with Gasteiger partial charge in [-0.1, -0.05) is 17.7 Å². The Labute approximate surface area is 146 Å². The summed E-state index contributed by atoms with van der Waals surface area (Å²) in [4.78, 5) is 16.8. The topological polar surface area (TPSA) is 46.4 Å². The van der Waals surface area contributed by atoms with Crippen molar-refractivity contribution in [2.75, 3.05) is 0 Å². The predicted octanol–water partition coefficient (Wildman–Crippen LogP) is 3.83. The number of carbonyl (C=O) groups is 1. The van der Waals surface area contributed by atoms with Gasteiger partial charge in [0.15, 0.2) is 0 Å². The van der Waals surface area contributed by atoms with Crippen molar-refractivity contribution in [2.24, 2.45) is 0 Å². The molecule has 6 heteroatoms. The molecule has 0 bridgehead atoms. The molecule has 22 heavy (non-hydrogen) atoms. The van der Waals surface area contributed by atoms with Crippen LogP contribution in [-0.4, -0.2) is 15.3 Å². The number of nitrogens with zero attached hydrogens (tertiary/aromatic N) is 2. The van der Waals surface area contributed by atoms with E-state index in [1.54, 1.807) is 12.1 Å². The number of halogens is 2. The van der Waals surface area contributed by atoms with Gasteiger partial charge in [0.05, 0.1) is 17.8 Å². The van der Waals surface area contributed by atoms with Crippen molar-refractivity contribution in [2.45, 2.75) is 13.5 Å². The molecule has 2 heterocycles. The highest BCUT2D eigenvalue weighted by Crippen LogP contribution is 2.18. The highest BCUT2D eigenvalue weighted by atomic mass is 127. The standard InChI is InChI=1S/C16H13ClIN3O/c1-10-3-2-4-15-20-12(9-21(10)15)8-19-16(22)13-7-11(17)5-6-14(13)18/h2-7,9H,8H2,1H3,(H,19,22). The lowest BCUT2D eigenvalue weighted by Gasteiger charge is -2.06. The summed E-state index contributed by atoms with van der Waals surface area (Å²) >= 11 is 8.07. The van der Waals surface area contributed by atoms with Crippen LogP contribution >= 0.6 is 34.2 Å². The molecule has 1 amide bonds. The fourth-order valence-electron chi connectivity index (χ4n) is 2.22. The number of rotatable bonds is 3.